The van der Waals surface area contributed by atoms with Crippen LogP contribution in [-0.4, -0.2) is 37.5 Å². The summed E-state index contributed by atoms with van der Waals surface area (Å²) >= 11 is 0. The van der Waals surface area contributed by atoms with Crippen molar-refractivity contribution in [1.29, 1.82) is 0 Å². The molecule has 1 amide bonds. The second-order valence-electron chi connectivity index (χ2n) is 5.92. The molecule has 2 N–H and O–H groups in total. The monoisotopic (exact) mass is 346 g/mol. The number of aromatic nitrogens is 2. The highest BCUT2D eigenvalue weighted by molar-refractivity contribution is 5.97. The average molecular weight is 346 g/mol. The van der Waals surface area contributed by atoms with Crippen LogP contribution < -0.4 is 5.32 Å². The van der Waals surface area contributed by atoms with E-state index in [0.29, 0.717) is 0 Å². The van der Waals surface area contributed by atoms with Gasteiger partial charge in [-0.1, -0.05) is 13.8 Å². The van der Waals surface area contributed by atoms with Crippen molar-refractivity contribution in [2.45, 2.75) is 26.3 Å². The first kappa shape index (κ1) is 18.1. The maximum Gasteiger partial charge on any atom is 0.326 e. The van der Waals surface area contributed by atoms with Crippen molar-refractivity contribution in [1.82, 2.24) is 14.9 Å². The number of imidazole rings is 1. The topological polar surface area (TPSA) is 127 Å². The molecule has 1 atom stereocenters. The molecule has 0 aliphatic rings. The van der Waals surface area contributed by atoms with Gasteiger partial charge in [-0.25, -0.2) is 9.78 Å². The van der Waals surface area contributed by atoms with E-state index in [1.165, 1.54) is 29.2 Å². The number of carbonyl (C=O) groups excluding carboxylic acids is 1. The quantitative estimate of drug-likeness (QED) is 0.583. The maximum atomic E-state index is 12.3. The molecule has 0 fully saturated rings. The number of aliphatic carboxylic acids is 1. The zero-order valence-electron chi connectivity index (χ0n) is 13.7. The lowest BCUT2D eigenvalue weighted by atomic mass is 10.0. The van der Waals surface area contributed by atoms with Crippen molar-refractivity contribution >= 4 is 17.6 Å². The van der Waals surface area contributed by atoms with Crippen LogP contribution in [-0.2, 0) is 4.79 Å². The van der Waals surface area contributed by atoms with E-state index < -0.39 is 22.8 Å². The molecule has 0 radical (unpaired) electrons. The standard InChI is InChI=1S/C16H18N4O5/c1-10(2)7-12(16(22)23)18-15(21)11-3-4-13(14(8-11)20(24)25)19-6-5-17-9-19/h3-6,8-10,12H,7H2,1-2H3,(H,18,21)(H,22,23)/t12-/m1/s1. The fraction of sp³-hybridized carbons (Fsp3) is 0.312. The number of nitro benzene ring substituents is 1. The van der Waals surface area contributed by atoms with E-state index in [9.17, 15) is 24.8 Å². The van der Waals surface area contributed by atoms with Crippen molar-refractivity contribution in [2.24, 2.45) is 5.92 Å². The van der Waals surface area contributed by atoms with E-state index in [4.69, 9.17) is 0 Å². The Morgan fingerprint density at radius 1 is 1.40 bits per heavy atom. The van der Waals surface area contributed by atoms with Gasteiger partial charge in [0.25, 0.3) is 11.6 Å². The van der Waals surface area contributed by atoms with Crippen LogP contribution in [0.3, 0.4) is 0 Å². The normalized spacial score (nSPS) is 12.0. The van der Waals surface area contributed by atoms with Crippen LogP contribution in [0.5, 0.6) is 0 Å². The highest BCUT2D eigenvalue weighted by atomic mass is 16.6. The number of carboxylic acids is 1. The van der Waals surface area contributed by atoms with Gasteiger partial charge in [-0.15, -0.1) is 0 Å². The largest absolute Gasteiger partial charge is 0.480 e. The summed E-state index contributed by atoms with van der Waals surface area (Å²) in [5.74, 6) is -1.75. The molecule has 0 saturated carbocycles. The van der Waals surface area contributed by atoms with E-state index in [1.807, 2.05) is 13.8 Å². The van der Waals surface area contributed by atoms with Crippen LogP contribution in [0.2, 0.25) is 0 Å². The summed E-state index contributed by atoms with van der Waals surface area (Å²) in [6, 6.07) is 2.90. The molecular weight excluding hydrogens is 328 g/mol. The van der Waals surface area contributed by atoms with E-state index in [0.717, 1.165) is 6.07 Å². The van der Waals surface area contributed by atoms with Crippen molar-refractivity contribution < 1.29 is 19.6 Å². The van der Waals surface area contributed by atoms with E-state index >= 15 is 0 Å². The molecule has 0 aliphatic carbocycles. The Bertz CT molecular complexity index is 786. The van der Waals surface area contributed by atoms with Crippen molar-refractivity contribution in [2.75, 3.05) is 0 Å². The summed E-state index contributed by atoms with van der Waals surface area (Å²) in [5, 5.41) is 22.9. The van der Waals surface area contributed by atoms with Crippen molar-refractivity contribution in [3.8, 4) is 5.69 Å². The van der Waals surface area contributed by atoms with Gasteiger partial charge < -0.3 is 15.0 Å². The molecule has 0 saturated heterocycles. The molecule has 0 unspecified atom stereocenters. The Morgan fingerprint density at radius 2 is 2.12 bits per heavy atom. The van der Waals surface area contributed by atoms with Gasteiger partial charge in [-0.2, -0.15) is 0 Å². The first-order chi connectivity index (χ1) is 11.8. The number of benzene rings is 1. The van der Waals surface area contributed by atoms with Crippen LogP contribution in [0.15, 0.2) is 36.9 Å². The third kappa shape index (κ3) is 4.40. The van der Waals surface area contributed by atoms with Gasteiger partial charge in [0.1, 0.15) is 11.7 Å². The maximum absolute atomic E-state index is 12.3. The highest BCUT2D eigenvalue weighted by Gasteiger charge is 2.24. The zero-order chi connectivity index (χ0) is 18.6. The lowest BCUT2D eigenvalue weighted by Gasteiger charge is -2.16. The Hall–Kier alpha value is -3.23. The molecule has 2 rings (SSSR count). The predicted molar refractivity (Wildman–Crippen MR) is 88.6 cm³/mol. The average Bonchev–Trinajstić information content (AvgIpc) is 3.07. The van der Waals surface area contributed by atoms with Crippen LogP contribution in [0.4, 0.5) is 5.69 Å². The molecule has 1 aromatic heterocycles. The Kier molecular flexibility index (Phi) is 5.48. The predicted octanol–water partition coefficient (Wildman–Crippen LogP) is 2.01. The molecule has 2 aromatic rings. The van der Waals surface area contributed by atoms with Gasteiger partial charge in [0.2, 0.25) is 0 Å². The van der Waals surface area contributed by atoms with E-state index in [2.05, 4.69) is 10.3 Å². The van der Waals surface area contributed by atoms with Crippen molar-refractivity contribution in [3.63, 3.8) is 0 Å². The van der Waals surface area contributed by atoms with Crippen LogP contribution in [0, 0.1) is 16.0 Å². The Labute approximate surface area is 143 Å². The SMILES string of the molecule is CC(C)C[C@@H](NC(=O)c1ccc(-n2ccnc2)c([N+](=O)[O-])c1)C(=O)O. The first-order valence-corrected chi connectivity index (χ1v) is 7.60. The van der Waals surface area contributed by atoms with E-state index in [-0.39, 0.29) is 29.3 Å². The molecule has 25 heavy (non-hydrogen) atoms. The number of rotatable bonds is 7. The third-order valence-corrected chi connectivity index (χ3v) is 3.53. The number of carboxylic acid groups (broad SMARTS) is 1. The van der Waals surface area contributed by atoms with Crippen molar-refractivity contribution in [3.05, 3.63) is 52.6 Å². The molecule has 0 aliphatic heterocycles. The molecule has 0 spiro atoms. The minimum atomic E-state index is -1.15. The summed E-state index contributed by atoms with van der Waals surface area (Å²) < 4.78 is 1.46. The minimum Gasteiger partial charge on any atom is -0.480 e. The zero-order valence-corrected chi connectivity index (χ0v) is 13.7. The summed E-state index contributed by atoms with van der Waals surface area (Å²) in [7, 11) is 0. The van der Waals surface area contributed by atoms with Gasteiger partial charge in [-0.05, 0) is 24.5 Å². The van der Waals surface area contributed by atoms with Gasteiger partial charge in [-0.3, -0.25) is 14.9 Å². The van der Waals surface area contributed by atoms with E-state index in [1.54, 1.807) is 6.20 Å². The van der Waals surface area contributed by atoms with Gasteiger partial charge in [0, 0.05) is 24.0 Å². The Balaban J connectivity index is 2.30. The molecule has 0 bridgehead atoms. The van der Waals surface area contributed by atoms with Gasteiger partial charge >= 0.3 is 5.97 Å². The first-order valence-electron chi connectivity index (χ1n) is 7.60. The van der Waals surface area contributed by atoms with Gasteiger partial charge in [0.15, 0.2) is 0 Å². The molecule has 9 heteroatoms. The highest BCUT2D eigenvalue weighted by Crippen LogP contribution is 2.24. The number of nitrogens with zero attached hydrogens (tertiary/aromatic N) is 3. The molecule has 1 aromatic carbocycles. The van der Waals surface area contributed by atoms with Crippen LogP contribution >= 0.6 is 0 Å². The molecule has 1 heterocycles. The number of carbonyl (C=O) groups is 2. The lowest BCUT2D eigenvalue weighted by Crippen LogP contribution is -2.41. The molecule has 132 valence electrons. The second kappa shape index (κ2) is 7.56. The smallest absolute Gasteiger partial charge is 0.326 e. The number of nitrogens with one attached hydrogen (secondary N) is 1. The number of nitro groups is 1. The van der Waals surface area contributed by atoms with Gasteiger partial charge in [0.05, 0.1) is 11.3 Å². The van der Waals surface area contributed by atoms with Crippen LogP contribution in [0.1, 0.15) is 30.6 Å². The third-order valence-electron chi connectivity index (χ3n) is 3.53. The van der Waals surface area contributed by atoms with Crippen LogP contribution in [0.25, 0.3) is 5.69 Å². The minimum absolute atomic E-state index is 0.0190. The molecular formula is C16H18N4O5. The fourth-order valence-electron chi connectivity index (χ4n) is 2.37. The number of amides is 1. The lowest BCUT2D eigenvalue weighted by molar-refractivity contribution is -0.384. The summed E-state index contributed by atoms with van der Waals surface area (Å²) in [5.41, 5.74) is 0.00275. The molecule has 9 nitrogen and oxygen atoms in total. The number of hydrogen-bond acceptors (Lipinski definition) is 5. The summed E-state index contributed by atoms with van der Waals surface area (Å²) in [6.45, 7) is 3.68. The summed E-state index contributed by atoms with van der Waals surface area (Å²) in [6.07, 6.45) is 4.69. The summed E-state index contributed by atoms with van der Waals surface area (Å²) in [4.78, 5) is 38.1. The fourth-order valence-corrected chi connectivity index (χ4v) is 2.37. The number of hydrogen-bond donors (Lipinski definition) is 2. The second-order valence-corrected chi connectivity index (χ2v) is 5.92. The Morgan fingerprint density at radius 3 is 2.64 bits per heavy atom.